The number of rotatable bonds is 20. The van der Waals surface area contributed by atoms with Gasteiger partial charge in [0.25, 0.3) is 5.91 Å². The SMILES string of the molecule is COc1ccc(C(OC[C@H]2O[C@@H](n3cnc4c(NC(=O)c5ccccc5)nc(NCCNC(=O)OCC[Si](C)(C)C)nc43)[C@H](O)[C@@H]2O[Si](C)(C)C(C)(C)C)(c2ccccc2)c2ccc(OC)cc2)cc1. The first-order valence-electron chi connectivity index (χ1n) is 23.6. The number of aliphatic hydroxyl groups excluding tert-OH is 1. The maximum Gasteiger partial charge on any atom is 0.407 e. The number of methoxy groups -OCH3 is 2. The molecule has 1 saturated heterocycles. The van der Waals surface area contributed by atoms with Crippen molar-refractivity contribution in [1.82, 2.24) is 24.8 Å². The number of benzene rings is 4. The number of carbonyl (C=O) groups excluding carboxylic acids is 2. The topological polar surface area (TPSA) is 189 Å². The largest absolute Gasteiger partial charge is 0.497 e. The third-order valence-corrected chi connectivity index (χ3v) is 19.1. The van der Waals surface area contributed by atoms with E-state index in [0.717, 1.165) is 22.7 Å². The predicted molar refractivity (Wildman–Crippen MR) is 276 cm³/mol. The lowest BCUT2D eigenvalue weighted by molar-refractivity contribution is -0.0930. The highest BCUT2D eigenvalue weighted by Gasteiger charge is 2.52. The number of carbonyl (C=O) groups is 2. The van der Waals surface area contributed by atoms with E-state index in [0.29, 0.717) is 23.7 Å². The molecule has 18 heteroatoms. The minimum atomic E-state index is -2.59. The molecule has 0 aliphatic carbocycles. The lowest BCUT2D eigenvalue weighted by Crippen LogP contribution is -2.50. The highest BCUT2D eigenvalue weighted by molar-refractivity contribution is 6.76. The van der Waals surface area contributed by atoms with Gasteiger partial charge in [0.2, 0.25) is 5.95 Å². The number of hydrogen-bond acceptors (Lipinski definition) is 13. The molecule has 4 aromatic carbocycles. The molecule has 70 heavy (non-hydrogen) atoms. The third-order valence-electron chi connectivity index (χ3n) is 12.9. The van der Waals surface area contributed by atoms with Gasteiger partial charge in [-0.05, 0) is 77.3 Å². The second kappa shape index (κ2) is 21.9. The first kappa shape index (κ1) is 51.7. The monoisotopic (exact) mass is 989 g/mol. The molecule has 3 heterocycles. The Kier molecular flexibility index (Phi) is 16.1. The molecule has 2 aromatic heterocycles. The summed E-state index contributed by atoms with van der Waals surface area (Å²) in [6, 6.07) is 35.2. The van der Waals surface area contributed by atoms with Crippen LogP contribution in [0, 0.1) is 0 Å². The molecule has 7 rings (SSSR count). The van der Waals surface area contributed by atoms with Crippen LogP contribution in [-0.4, -0.2) is 112 Å². The molecule has 1 fully saturated rings. The van der Waals surface area contributed by atoms with Crippen molar-refractivity contribution in [1.29, 1.82) is 0 Å². The molecule has 6 aromatic rings. The van der Waals surface area contributed by atoms with Gasteiger partial charge in [-0.25, -0.2) is 9.78 Å². The number of anilines is 2. The Morgan fingerprint density at radius 1 is 0.786 bits per heavy atom. The number of hydrogen-bond donors (Lipinski definition) is 4. The normalized spacial score (nSPS) is 17.5. The molecule has 0 saturated carbocycles. The number of aliphatic hydroxyl groups is 1. The Labute approximate surface area is 412 Å². The van der Waals surface area contributed by atoms with Crippen molar-refractivity contribution in [3.8, 4) is 11.5 Å². The van der Waals surface area contributed by atoms with Gasteiger partial charge in [-0.3, -0.25) is 9.36 Å². The summed E-state index contributed by atoms with van der Waals surface area (Å²) in [5, 5.41) is 21.2. The molecule has 4 atom stereocenters. The van der Waals surface area contributed by atoms with E-state index in [1.807, 2.05) is 84.9 Å². The van der Waals surface area contributed by atoms with Crippen LogP contribution >= 0.6 is 0 Å². The van der Waals surface area contributed by atoms with Gasteiger partial charge in [-0.2, -0.15) is 9.97 Å². The molecule has 0 unspecified atom stereocenters. The van der Waals surface area contributed by atoms with Crippen LogP contribution in [-0.2, 0) is 24.2 Å². The van der Waals surface area contributed by atoms with Crippen LogP contribution < -0.4 is 25.4 Å². The van der Waals surface area contributed by atoms with Gasteiger partial charge in [0.1, 0.15) is 35.4 Å². The highest BCUT2D eigenvalue weighted by atomic mass is 28.4. The number of nitrogens with one attached hydrogen (secondary N) is 3. The first-order valence-corrected chi connectivity index (χ1v) is 30.2. The van der Waals surface area contributed by atoms with Gasteiger partial charge < -0.3 is 49.2 Å². The second-order valence-electron chi connectivity index (χ2n) is 20.1. The summed E-state index contributed by atoms with van der Waals surface area (Å²) in [5.41, 5.74) is 2.29. The van der Waals surface area contributed by atoms with E-state index < -0.39 is 58.5 Å². The maximum absolute atomic E-state index is 13.6. The zero-order valence-corrected chi connectivity index (χ0v) is 43.8. The van der Waals surface area contributed by atoms with Crippen LogP contribution in [0.5, 0.6) is 11.5 Å². The molecule has 0 radical (unpaired) electrons. The maximum atomic E-state index is 13.6. The molecule has 4 N–H and O–H groups in total. The number of amides is 2. The van der Waals surface area contributed by atoms with Crippen molar-refractivity contribution in [3.05, 3.63) is 138 Å². The van der Waals surface area contributed by atoms with Gasteiger partial charge in [-0.1, -0.05) is 113 Å². The summed E-state index contributed by atoms with van der Waals surface area (Å²) < 4.78 is 39.6. The molecule has 16 nitrogen and oxygen atoms in total. The summed E-state index contributed by atoms with van der Waals surface area (Å²) in [7, 11) is -0.708. The number of alkyl carbamates (subject to hydrolysis) is 1. The van der Waals surface area contributed by atoms with Gasteiger partial charge in [0, 0.05) is 26.7 Å². The molecular weight excluding hydrogens is 923 g/mol. The van der Waals surface area contributed by atoms with Crippen LogP contribution in [0.25, 0.3) is 11.2 Å². The van der Waals surface area contributed by atoms with Gasteiger partial charge in [0.05, 0.1) is 33.8 Å². The van der Waals surface area contributed by atoms with E-state index in [4.69, 9.17) is 38.1 Å². The fourth-order valence-electron chi connectivity index (χ4n) is 7.91. The minimum absolute atomic E-state index is 0.0276. The van der Waals surface area contributed by atoms with Crippen LogP contribution in [0.1, 0.15) is 54.0 Å². The number of fused-ring (bicyclic) bond motifs is 1. The van der Waals surface area contributed by atoms with E-state index in [1.54, 1.807) is 43.1 Å². The van der Waals surface area contributed by atoms with Crippen LogP contribution in [0.2, 0.25) is 43.8 Å². The van der Waals surface area contributed by atoms with E-state index in [9.17, 15) is 14.7 Å². The Hall–Kier alpha value is -6.16. The average Bonchev–Trinajstić information content (AvgIpc) is 3.90. The Bertz CT molecular complexity index is 2630. The summed E-state index contributed by atoms with van der Waals surface area (Å²) in [6.07, 6.45) is -2.99. The highest BCUT2D eigenvalue weighted by Crippen LogP contribution is 2.45. The van der Waals surface area contributed by atoms with Gasteiger partial charge in [0.15, 0.2) is 31.5 Å². The molecular formula is C52H67N7O9Si2. The number of nitrogens with zero attached hydrogens (tertiary/aromatic N) is 4. The van der Waals surface area contributed by atoms with E-state index in [2.05, 4.69) is 74.4 Å². The molecule has 372 valence electrons. The van der Waals surface area contributed by atoms with Crippen molar-refractivity contribution in [3.63, 3.8) is 0 Å². The zero-order chi connectivity index (χ0) is 50.3. The Morgan fingerprint density at radius 2 is 1.37 bits per heavy atom. The van der Waals surface area contributed by atoms with E-state index >= 15 is 0 Å². The Balaban J connectivity index is 1.26. The number of imidazole rings is 1. The smallest absolute Gasteiger partial charge is 0.407 e. The van der Waals surface area contributed by atoms with Crippen LogP contribution in [0.3, 0.4) is 0 Å². The number of aromatic nitrogens is 4. The van der Waals surface area contributed by atoms with Crippen molar-refractivity contribution in [2.75, 3.05) is 51.2 Å². The minimum Gasteiger partial charge on any atom is -0.497 e. The standard InChI is InChI=1S/C52H67N7O9Si2/c1-51(2,3)70(9,10)68-44-41(33-66-52(36-19-15-12-16-20-36,37-21-25-39(63-4)26-22-37)38-23-27-40(64-5)28-24-38)67-48(43(44)60)59-34-55-42-45(56-47(61)35-17-13-11-14-18-35)57-49(58-46(42)59)53-29-30-54-50(62)65-31-32-69(6,7)8/h11-28,34,41,43-44,48,60H,29-33H2,1-10H3,(H,54,62)(H2,53,56,57,58,61)/t41-,43-,44-,48-/m1/s1. The van der Waals surface area contributed by atoms with Gasteiger partial charge >= 0.3 is 6.09 Å². The summed E-state index contributed by atoms with van der Waals surface area (Å²) in [5.74, 6) is 1.24. The lowest BCUT2D eigenvalue weighted by atomic mass is 9.80. The third kappa shape index (κ3) is 11.9. The quantitative estimate of drug-likeness (QED) is 0.0322. The van der Waals surface area contributed by atoms with Crippen LogP contribution in [0.15, 0.2) is 116 Å². The first-order chi connectivity index (χ1) is 33.3. The molecule has 0 spiro atoms. The molecule has 2 amide bonds. The van der Waals surface area contributed by atoms with Crippen LogP contribution in [0.4, 0.5) is 16.6 Å². The van der Waals surface area contributed by atoms with Crippen molar-refractivity contribution < 1.29 is 42.8 Å². The Morgan fingerprint density at radius 3 is 1.94 bits per heavy atom. The van der Waals surface area contributed by atoms with E-state index in [-0.39, 0.29) is 47.7 Å². The van der Waals surface area contributed by atoms with E-state index in [1.165, 1.54) is 6.33 Å². The summed E-state index contributed by atoms with van der Waals surface area (Å²) in [6.45, 7) is 18.1. The summed E-state index contributed by atoms with van der Waals surface area (Å²) in [4.78, 5) is 40.3. The lowest BCUT2D eigenvalue weighted by Gasteiger charge is -2.41. The molecule has 1 aliphatic rings. The average molecular weight is 990 g/mol. The fraction of sp³-hybridized carbons (Fsp3) is 0.404. The number of ether oxygens (including phenoxy) is 5. The molecule has 0 bridgehead atoms. The van der Waals surface area contributed by atoms with Crippen molar-refractivity contribution in [2.24, 2.45) is 0 Å². The fourth-order valence-corrected chi connectivity index (χ4v) is 9.95. The zero-order valence-electron chi connectivity index (χ0n) is 41.8. The van der Waals surface area contributed by atoms with Crippen molar-refractivity contribution >= 4 is 51.3 Å². The predicted octanol–water partition coefficient (Wildman–Crippen LogP) is 9.23. The van der Waals surface area contributed by atoms with Gasteiger partial charge in [-0.15, -0.1) is 0 Å². The summed E-state index contributed by atoms with van der Waals surface area (Å²) >= 11 is 0. The second-order valence-corrected chi connectivity index (χ2v) is 30.4. The van der Waals surface area contributed by atoms with Crippen molar-refractivity contribution in [2.45, 2.75) is 94.7 Å². The molecule has 1 aliphatic heterocycles.